The van der Waals surface area contributed by atoms with E-state index in [1.807, 2.05) is 13.8 Å². The second kappa shape index (κ2) is 8.78. The fourth-order valence-corrected chi connectivity index (χ4v) is 0.625. The second-order valence-corrected chi connectivity index (χ2v) is 2.00. The van der Waals surface area contributed by atoms with E-state index in [-0.39, 0.29) is 5.97 Å². The van der Waals surface area contributed by atoms with Crippen LogP contribution < -0.4 is 0 Å². The van der Waals surface area contributed by atoms with E-state index in [1.165, 1.54) is 13.2 Å². The van der Waals surface area contributed by atoms with Crippen molar-refractivity contribution in [2.24, 2.45) is 0 Å². The second-order valence-electron chi connectivity index (χ2n) is 2.00. The Morgan fingerprint density at radius 1 is 1.23 bits per heavy atom. The molecule has 0 unspecified atom stereocenters. The SMILES string of the molecule is C=C/C(C)=C(\C=C)C(=O)OC.CC. The van der Waals surface area contributed by atoms with Gasteiger partial charge in [-0.2, -0.15) is 0 Å². The Balaban J connectivity index is 0. The van der Waals surface area contributed by atoms with E-state index in [0.29, 0.717) is 5.57 Å². The van der Waals surface area contributed by atoms with Gasteiger partial charge in [0.25, 0.3) is 0 Å². The fraction of sp³-hybridized carbons (Fsp3) is 0.364. The Morgan fingerprint density at radius 2 is 1.69 bits per heavy atom. The third-order valence-electron chi connectivity index (χ3n) is 1.34. The molecule has 0 aliphatic rings. The van der Waals surface area contributed by atoms with Crippen molar-refractivity contribution >= 4 is 5.97 Å². The first kappa shape index (κ1) is 14.2. The standard InChI is InChI=1S/C9H12O2.C2H6/c1-5-7(3)8(6-2)9(10)11-4;1-2/h5-6H,1-2H2,3-4H3;1-2H3/b8-7+;. The third kappa shape index (κ3) is 5.01. The first-order chi connectivity index (χ1) is 6.17. The summed E-state index contributed by atoms with van der Waals surface area (Å²) in [4.78, 5) is 10.9. The van der Waals surface area contributed by atoms with E-state index in [1.54, 1.807) is 13.0 Å². The number of rotatable bonds is 3. The maximum absolute atomic E-state index is 10.9. The highest BCUT2D eigenvalue weighted by Crippen LogP contribution is 2.07. The van der Waals surface area contributed by atoms with Crippen LogP contribution in [-0.2, 0) is 9.53 Å². The molecule has 0 radical (unpaired) electrons. The van der Waals surface area contributed by atoms with Gasteiger partial charge < -0.3 is 4.74 Å². The van der Waals surface area contributed by atoms with Crippen LogP contribution in [0.15, 0.2) is 36.5 Å². The smallest absolute Gasteiger partial charge is 0.338 e. The van der Waals surface area contributed by atoms with Crippen LogP contribution in [0.3, 0.4) is 0 Å². The highest BCUT2D eigenvalue weighted by Gasteiger charge is 2.06. The van der Waals surface area contributed by atoms with Gasteiger partial charge in [-0.1, -0.05) is 39.2 Å². The largest absolute Gasteiger partial charge is 0.465 e. The maximum atomic E-state index is 10.9. The molecule has 0 spiro atoms. The summed E-state index contributed by atoms with van der Waals surface area (Å²) in [5.41, 5.74) is 1.23. The molecule has 0 aromatic rings. The summed E-state index contributed by atoms with van der Waals surface area (Å²) >= 11 is 0. The summed E-state index contributed by atoms with van der Waals surface area (Å²) in [5, 5.41) is 0. The summed E-state index contributed by atoms with van der Waals surface area (Å²) < 4.78 is 4.51. The van der Waals surface area contributed by atoms with Crippen molar-refractivity contribution in [2.75, 3.05) is 7.11 Å². The zero-order chi connectivity index (χ0) is 10.9. The molecule has 0 atom stereocenters. The van der Waals surface area contributed by atoms with Crippen LogP contribution in [0.1, 0.15) is 20.8 Å². The number of hydrogen-bond acceptors (Lipinski definition) is 2. The highest BCUT2D eigenvalue weighted by atomic mass is 16.5. The first-order valence-corrected chi connectivity index (χ1v) is 4.21. The van der Waals surface area contributed by atoms with E-state index in [2.05, 4.69) is 17.9 Å². The van der Waals surface area contributed by atoms with Crippen LogP contribution in [0.5, 0.6) is 0 Å². The lowest BCUT2D eigenvalue weighted by Gasteiger charge is -2.00. The summed E-state index contributed by atoms with van der Waals surface area (Å²) in [6.45, 7) is 12.8. The lowest BCUT2D eigenvalue weighted by Crippen LogP contribution is -2.03. The molecule has 13 heavy (non-hydrogen) atoms. The predicted octanol–water partition coefficient (Wildman–Crippen LogP) is 2.87. The van der Waals surface area contributed by atoms with Crippen molar-refractivity contribution in [2.45, 2.75) is 20.8 Å². The number of allylic oxidation sites excluding steroid dienone is 2. The monoisotopic (exact) mass is 182 g/mol. The highest BCUT2D eigenvalue weighted by molar-refractivity contribution is 5.92. The molecule has 0 bridgehead atoms. The van der Waals surface area contributed by atoms with Crippen molar-refractivity contribution in [3.05, 3.63) is 36.5 Å². The van der Waals surface area contributed by atoms with E-state index in [9.17, 15) is 4.79 Å². The van der Waals surface area contributed by atoms with Gasteiger partial charge in [0, 0.05) is 0 Å². The molecule has 0 saturated carbocycles. The number of esters is 1. The van der Waals surface area contributed by atoms with Gasteiger partial charge in [0.15, 0.2) is 0 Å². The van der Waals surface area contributed by atoms with Gasteiger partial charge in [-0.3, -0.25) is 0 Å². The molecule has 0 rings (SSSR count). The van der Waals surface area contributed by atoms with Crippen LogP contribution in [0.4, 0.5) is 0 Å². The molecule has 0 heterocycles. The van der Waals surface area contributed by atoms with Gasteiger partial charge in [0.2, 0.25) is 0 Å². The fourth-order valence-electron chi connectivity index (χ4n) is 0.625. The van der Waals surface area contributed by atoms with Crippen LogP contribution in [0, 0.1) is 0 Å². The number of hydrogen-bond donors (Lipinski definition) is 0. The lowest BCUT2D eigenvalue weighted by atomic mass is 10.1. The van der Waals surface area contributed by atoms with Crippen molar-refractivity contribution in [1.82, 2.24) is 0 Å². The minimum Gasteiger partial charge on any atom is -0.465 e. The average Bonchev–Trinajstić information content (AvgIpc) is 2.21. The molecule has 0 aromatic carbocycles. The van der Waals surface area contributed by atoms with E-state index < -0.39 is 0 Å². The van der Waals surface area contributed by atoms with E-state index in [4.69, 9.17) is 0 Å². The van der Waals surface area contributed by atoms with Crippen molar-refractivity contribution in [3.8, 4) is 0 Å². The minimum atomic E-state index is -0.377. The van der Waals surface area contributed by atoms with Gasteiger partial charge in [0.05, 0.1) is 12.7 Å². The summed E-state index contributed by atoms with van der Waals surface area (Å²) in [7, 11) is 1.34. The maximum Gasteiger partial charge on any atom is 0.338 e. The number of ether oxygens (including phenoxy) is 1. The van der Waals surface area contributed by atoms with Crippen molar-refractivity contribution in [3.63, 3.8) is 0 Å². The van der Waals surface area contributed by atoms with Gasteiger partial charge >= 0.3 is 5.97 Å². The van der Waals surface area contributed by atoms with Gasteiger partial charge in [-0.25, -0.2) is 4.79 Å². The summed E-state index contributed by atoms with van der Waals surface area (Å²) in [6.07, 6.45) is 3.05. The zero-order valence-electron chi connectivity index (χ0n) is 8.89. The average molecular weight is 182 g/mol. The van der Waals surface area contributed by atoms with Crippen molar-refractivity contribution < 1.29 is 9.53 Å². The normalized spacial score (nSPS) is 10.2. The molecule has 0 aliphatic carbocycles. The van der Waals surface area contributed by atoms with Crippen LogP contribution in [-0.4, -0.2) is 13.1 Å². The Morgan fingerprint density at radius 3 is 1.92 bits per heavy atom. The van der Waals surface area contributed by atoms with Crippen LogP contribution in [0.25, 0.3) is 0 Å². The molecule has 2 nitrogen and oxygen atoms in total. The van der Waals surface area contributed by atoms with Crippen LogP contribution >= 0.6 is 0 Å². The van der Waals surface area contributed by atoms with Crippen LogP contribution in [0.2, 0.25) is 0 Å². The lowest BCUT2D eigenvalue weighted by molar-refractivity contribution is -0.135. The molecule has 0 aliphatic heterocycles. The van der Waals surface area contributed by atoms with Gasteiger partial charge in [-0.15, -0.1) is 0 Å². The quantitative estimate of drug-likeness (QED) is 0.381. The van der Waals surface area contributed by atoms with E-state index >= 15 is 0 Å². The molecule has 0 fully saturated rings. The van der Waals surface area contributed by atoms with Crippen molar-refractivity contribution in [1.29, 1.82) is 0 Å². The molecule has 0 amide bonds. The predicted molar refractivity (Wildman–Crippen MR) is 56.5 cm³/mol. The molecule has 0 saturated heterocycles. The molecule has 74 valence electrons. The molecule has 2 heteroatoms. The van der Waals surface area contributed by atoms with Gasteiger partial charge in [-0.05, 0) is 12.5 Å². The Bertz CT molecular complexity index is 212. The Hall–Kier alpha value is -1.31. The number of methoxy groups -OCH3 is 1. The molecule has 0 aromatic heterocycles. The Labute approximate surface area is 80.6 Å². The molecular weight excluding hydrogens is 164 g/mol. The summed E-state index contributed by atoms with van der Waals surface area (Å²) in [5.74, 6) is -0.377. The first-order valence-electron chi connectivity index (χ1n) is 4.21. The minimum absolute atomic E-state index is 0.377. The molecule has 0 N–H and O–H groups in total. The molecular formula is C11H18O2. The topological polar surface area (TPSA) is 26.3 Å². The third-order valence-corrected chi connectivity index (χ3v) is 1.34. The zero-order valence-corrected chi connectivity index (χ0v) is 8.89. The Kier molecular flexibility index (Phi) is 9.61. The van der Waals surface area contributed by atoms with Gasteiger partial charge in [0.1, 0.15) is 0 Å². The number of carbonyl (C=O) groups is 1. The number of carbonyl (C=O) groups excluding carboxylic acids is 1. The van der Waals surface area contributed by atoms with E-state index in [0.717, 1.165) is 5.57 Å². The summed E-state index contributed by atoms with van der Waals surface area (Å²) in [6, 6.07) is 0.